The number of hydrogen-bond donors (Lipinski definition) is 2. The monoisotopic (exact) mass is 396 g/mol. The molecule has 0 unspecified atom stereocenters. The van der Waals surface area contributed by atoms with Crippen molar-refractivity contribution in [1.82, 2.24) is 5.32 Å². The first kappa shape index (κ1) is 17.6. The van der Waals surface area contributed by atoms with Crippen LogP contribution in [0.3, 0.4) is 0 Å². The first-order valence-corrected chi connectivity index (χ1v) is 8.33. The lowest BCUT2D eigenvalue weighted by Crippen LogP contribution is -2.32. The molecule has 0 heterocycles. The third kappa shape index (κ3) is 5.44. The molecule has 0 aliphatic heterocycles. The van der Waals surface area contributed by atoms with E-state index in [-0.39, 0.29) is 6.03 Å². The number of rotatable bonds is 5. The van der Waals surface area contributed by atoms with Crippen molar-refractivity contribution in [3.05, 3.63) is 57.0 Å². The van der Waals surface area contributed by atoms with Gasteiger partial charge in [0, 0.05) is 15.2 Å². The predicted molar refractivity (Wildman–Crippen MR) is 97.6 cm³/mol. The highest BCUT2D eigenvalue weighted by Gasteiger charge is 2.04. The minimum Gasteiger partial charge on any atom is -0.492 e. The SMILES string of the molecule is Cc1cc(OCCNC(=O)Nc2ccc(Br)cc2C)ccc1Cl. The van der Waals surface area contributed by atoms with Gasteiger partial charge in [-0.25, -0.2) is 4.79 Å². The maximum absolute atomic E-state index is 11.9. The molecule has 2 aromatic carbocycles. The summed E-state index contributed by atoms with van der Waals surface area (Å²) in [5.41, 5.74) is 2.72. The quantitative estimate of drug-likeness (QED) is 0.704. The normalized spacial score (nSPS) is 10.3. The van der Waals surface area contributed by atoms with E-state index >= 15 is 0 Å². The third-order valence-electron chi connectivity index (χ3n) is 3.22. The molecule has 23 heavy (non-hydrogen) atoms. The van der Waals surface area contributed by atoms with E-state index in [2.05, 4.69) is 26.6 Å². The van der Waals surface area contributed by atoms with Crippen LogP contribution in [0.1, 0.15) is 11.1 Å². The van der Waals surface area contributed by atoms with Gasteiger partial charge in [-0.1, -0.05) is 27.5 Å². The Labute approximate surface area is 149 Å². The van der Waals surface area contributed by atoms with Gasteiger partial charge in [-0.15, -0.1) is 0 Å². The van der Waals surface area contributed by atoms with Gasteiger partial charge in [0.15, 0.2) is 0 Å². The third-order valence-corrected chi connectivity index (χ3v) is 4.14. The number of urea groups is 1. The first-order valence-electron chi connectivity index (χ1n) is 7.15. The average Bonchev–Trinajstić information content (AvgIpc) is 2.50. The number of carbonyl (C=O) groups is 1. The molecule has 2 N–H and O–H groups in total. The zero-order valence-electron chi connectivity index (χ0n) is 13.0. The minimum atomic E-state index is -0.258. The summed E-state index contributed by atoms with van der Waals surface area (Å²) in [6.45, 7) is 4.64. The van der Waals surface area contributed by atoms with Crippen LogP contribution in [0.25, 0.3) is 0 Å². The Morgan fingerprint density at radius 3 is 2.65 bits per heavy atom. The van der Waals surface area contributed by atoms with E-state index in [1.54, 1.807) is 12.1 Å². The molecule has 0 saturated carbocycles. The van der Waals surface area contributed by atoms with Crippen molar-refractivity contribution in [1.29, 1.82) is 0 Å². The van der Waals surface area contributed by atoms with E-state index in [9.17, 15) is 4.79 Å². The van der Waals surface area contributed by atoms with E-state index in [0.29, 0.717) is 18.2 Å². The Kier molecular flexibility index (Phi) is 6.30. The second-order valence-electron chi connectivity index (χ2n) is 5.10. The maximum Gasteiger partial charge on any atom is 0.319 e. The Hall–Kier alpha value is -1.72. The number of carbonyl (C=O) groups excluding carboxylic acids is 1. The van der Waals surface area contributed by atoms with E-state index in [0.717, 1.165) is 27.0 Å². The van der Waals surface area contributed by atoms with Crippen LogP contribution in [0.4, 0.5) is 10.5 Å². The number of benzene rings is 2. The molecule has 0 radical (unpaired) electrons. The van der Waals surface area contributed by atoms with Crippen LogP contribution in [0, 0.1) is 13.8 Å². The highest BCUT2D eigenvalue weighted by molar-refractivity contribution is 9.10. The van der Waals surface area contributed by atoms with Gasteiger partial charge in [-0.3, -0.25) is 0 Å². The fraction of sp³-hybridized carbons (Fsp3) is 0.235. The van der Waals surface area contributed by atoms with Crippen LogP contribution in [0.2, 0.25) is 5.02 Å². The molecule has 0 aliphatic rings. The maximum atomic E-state index is 11.9. The average molecular weight is 398 g/mol. The molecular weight excluding hydrogens is 380 g/mol. The van der Waals surface area contributed by atoms with Gasteiger partial charge in [0.2, 0.25) is 0 Å². The van der Waals surface area contributed by atoms with E-state index < -0.39 is 0 Å². The van der Waals surface area contributed by atoms with Gasteiger partial charge in [0.25, 0.3) is 0 Å². The van der Waals surface area contributed by atoms with Gasteiger partial charge >= 0.3 is 6.03 Å². The number of anilines is 1. The van der Waals surface area contributed by atoms with Crippen LogP contribution in [-0.2, 0) is 0 Å². The second-order valence-corrected chi connectivity index (χ2v) is 6.42. The zero-order valence-corrected chi connectivity index (χ0v) is 15.3. The van der Waals surface area contributed by atoms with E-state index in [1.165, 1.54) is 0 Å². The molecule has 2 rings (SSSR count). The Balaban J connectivity index is 1.75. The Bertz CT molecular complexity index is 707. The van der Waals surface area contributed by atoms with E-state index in [1.807, 2.05) is 38.1 Å². The molecule has 2 amide bonds. The van der Waals surface area contributed by atoms with Crippen molar-refractivity contribution >= 4 is 39.2 Å². The summed E-state index contributed by atoms with van der Waals surface area (Å²) in [5, 5.41) is 6.27. The van der Waals surface area contributed by atoms with Crippen LogP contribution < -0.4 is 15.4 Å². The van der Waals surface area contributed by atoms with Crippen molar-refractivity contribution in [2.45, 2.75) is 13.8 Å². The van der Waals surface area contributed by atoms with Crippen LogP contribution in [0.15, 0.2) is 40.9 Å². The molecule has 0 fully saturated rings. The highest BCUT2D eigenvalue weighted by atomic mass is 79.9. The smallest absolute Gasteiger partial charge is 0.319 e. The van der Waals surface area contributed by atoms with Gasteiger partial charge in [-0.05, 0) is 61.4 Å². The fourth-order valence-electron chi connectivity index (χ4n) is 1.97. The number of amides is 2. The molecule has 0 saturated heterocycles. The van der Waals surface area contributed by atoms with Crippen molar-refractivity contribution in [3.8, 4) is 5.75 Å². The van der Waals surface area contributed by atoms with Gasteiger partial charge in [0.1, 0.15) is 12.4 Å². The Morgan fingerprint density at radius 1 is 1.17 bits per heavy atom. The number of aryl methyl sites for hydroxylation is 2. The lowest BCUT2D eigenvalue weighted by atomic mass is 10.2. The van der Waals surface area contributed by atoms with Gasteiger partial charge < -0.3 is 15.4 Å². The number of hydrogen-bond acceptors (Lipinski definition) is 2. The highest BCUT2D eigenvalue weighted by Crippen LogP contribution is 2.21. The number of ether oxygens (including phenoxy) is 1. The molecule has 0 spiro atoms. The molecule has 6 heteroatoms. The molecular formula is C17H18BrClN2O2. The topological polar surface area (TPSA) is 50.4 Å². The summed E-state index contributed by atoms with van der Waals surface area (Å²) in [6, 6.07) is 10.9. The van der Waals surface area contributed by atoms with Gasteiger partial charge in [-0.2, -0.15) is 0 Å². The van der Waals surface area contributed by atoms with Crippen molar-refractivity contribution in [2.24, 2.45) is 0 Å². The van der Waals surface area contributed by atoms with Crippen LogP contribution in [-0.4, -0.2) is 19.2 Å². The lowest BCUT2D eigenvalue weighted by molar-refractivity contribution is 0.247. The zero-order chi connectivity index (χ0) is 16.8. The molecule has 0 aromatic heterocycles. The van der Waals surface area contributed by atoms with E-state index in [4.69, 9.17) is 16.3 Å². The van der Waals surface area contributed by atoms with Crippen molar-refractivity contribution in [2.75, 3.05) is 18.5 Å². The molecule has 0 atom stereocenters. The number of nitrogens with one attached hydrogen (secondary N) is 2. The summed E-state index contributed by atoms with van der Waals surface area (Å²) < 4.78 is 6.55. The van der Waals surface area contributed by atoms with Crippen LogP contribution in [0.5, 0.6) is 5.75 Å². The summed E-state index contributed by atoms with van der Waals surface area (Å²) in [4.78, 5) is 11.9. The first-order chi connectivity index (χ1) is 11.0. The second kappa shape index (κ2) is 8.22. The summed E-state index contributed by atoms with van der Waals surface area (Å²) >= 11 is 9.35. The predicted octanol–water partition coefficient (Wildman–Crippen LogP) is 4.92. The molecule has 4 nitrogen and oxygen atoms in total. The molecule has 0 aliphatic carbocycles. The van der Waals surface area contributed by atoms with Crippen molar-refractivity contribution in [3.63, 3.8) is 0 Å². The molecule has 2 aromatic rings. The lowest BCUT2D eigenvalue weighted by Gasteiger charge is -2.11. The minimum absolute atomic E-state index is 0.258. The fourth-order valence-corrected chi connectivity index (χ4v) is 2.57. The number of halogens is 2. The summed E-state index contributed by atoms with van der Waals surface area (Å²) in [6.07, 6.45) is 0. The largest absolute Gasteiger partial charge is 0.492 e. The Morgan fingerprint density at radius 2 is 1.96 bits per heavy atom. The summed E-state index contributed by atoms with van der Waals surface area (Å²) in [5.74, 6) is 0.734. The van der Waals surface area contributed by atoms with Crippen LogP contribution >= 0.6 is 27.5 Å². The summed E-state index contributed by atoms with van der Waals surface area (Å²) in [7, 11) is 0. The molecule has 122 valence electrons. The standard InChI is InChI=1S/C17H18BrClN2O2/c1-11-10-14(4-5-15(11)19)23-8-7-20-17(22)21-16-6-3-13(18)9-12(16)2/h3-6,9-10H,7-8H2,1-2H3,(H2,20,21,22). The molecule has 0 bridgehead atoms. The van der Waals surface area contributed by atoms with Gasteiger partial charge in [0.05, 0.1) is 6.54 Å². The van der Waals surface area contributed by atoms with Crippen molar-refractivity contribution < 1.29 is 9.53 Å².